The Morgan fingerprint density at radius 2 is 1.64 bits per heavy atom. The largest absolute Gasteiger partial charge is 0.489 e. The molecule has 0 aliphatic rings. The Morgan fingerprint density at radius 1 is 0.864 bits per heavy atom. The first-order chi connectivity index (χ1) is 10.7. The number of anilines is 1. The van der Waals surface area contributed by atoms with E-state index in [1.807, 2.05) is 61.5 Å². The van der Waals surface area contributed by atoms with Crippen molar-refractivity contribution in [1.29, 1.82) is 0 Å². The first-order valence-corrected chi connectivity index (χ1v) is 7.36. The van der Waals surface area contributed by atoms with E-state index in [0.717, 1.165) is 33.7 Å². The molecule has 0 saturated carbocycles. The third-order valence-electron chi connectivity index (χ3n) is 3.72. The third-order valence-corrected chi connectivity index (χ3v) is 3.72. The zero-order valence-electron chi connectivity index (χ0n) is 12.6. The van der Waals surface area contributed by atoms with Gasteiger partial charge in [0.2, 0.25) is 0 Å². The molecule has 2 heteroatoms. The van der Waals surface area contributed by atoms with Gasteiger partial charge in [0.15, 0.2) is 0 Å². The van der Waals surface area contributed by atoms with Gasteiger partial charge in [0.1, 0.15) is 12.4 Å². The highest BCUT2D eigenvalue weighted by Crippen LogP contribution is 2.30. The van der Waals surface area contributed by atoms with Crippen LogP contribution < -0.4 is 10.5 Å². The van der Waals surface area contributed by atoms with Crippen LogP contribution in [0.1, 0.15) is 11.1 Å². The second-order valence-electron chi connectivity index (χ2n) is 5.34. The molecule has 0 radical (unpaired) electrons. The number of ether oxygens (including phenoxy) is 1. The number of benzene rings is 3. The second-order valence-corrected chi connectivity index (χ2v) is 5.34. The molecule has 0 spiro atoms. The van der Waals surface area contributed by atoms with Crippen molar-refractivity contribution in [2.24, 2.45) is 0 Å². The minimum atomic E-state index is 0.563. The molecule has 0 atom stereocenters. The zero-order chi connectivity index (χ0) is 15.4. The average molecular weight is 289 g/mol. The molecule has 2 nitrogen and oxygen atoms in total. The van der Waals surface area contributed by atoms with Crippen LogP contribution in [0.4, 0.5) is 5.69 Å². The predicted octanol–water partition coefficient (Wildman–Crippen LogP) is 4.82. The maximum Gasteiger partial charge on any atom is 0.120 e. The summed E-state index contributed by atoms with van der Waals surface area (Å²) in [5.74, 6) is 0.849. The third kappa shape index (κ3) is 3.12. The fourth-order valence-electron chi connectivity index (χ4n) is 2.43. The van der Waals surface area contributed by atoms with E-state index in [1.54, 1.807) is 0 Å². The van der Waals surface area contributed by atoms with Crippen molar-refractivity contribution in [2.75, 3.05) is 5.73 Å². The minimum absolute atomic E-state index is 0.563. The van der Waals surface area contributed by atoms with Crippen molar-refractivity contribution in [2.45, 2.75) is 13.5 Å². The van der Waals surface area contributed by atoms with Gasteiger partial charge in [-0.15, -0.1) is 0 Å². The van der Waals surface area contributed by atoms with Gasteiger partial charge < -0.3 is 10.5 Å². The molecule has 0 aliphatic heterocycles. The van der Waals surface area contributed by atoms with Crippen LogP contribution in [0.3, 0.4) is 0 Å². The van der Waals surface area contributed by atoms with Crippen LogP contribution in [-0.2, 0) is 6.61 Å². The zero-order valence-corrected chi connectivity index (χ0v) is 12.6. The Bertz CT molecular complexity index is 766. The molecular formula is C20H19NO. The molecule has 3 aromatic rings. The number of nitrogens with two attached hydrogens (primary N) is 1. The Kier molecular flexibility index (Phi) is 4.10. The van der Waals surface area contributed by atoms with Gasteiger partial charge in [0.25, 0.3) is 0 Å². The maximum atomic E-state index is 6.19. The maximum absolute atomic E-state index is 6.19. The van der Waals surface area contributed by atoms with Gasteiger partial charge >= 0.3 is 0 Å². The lowest BCUT2D eigenvalue weighted by Gasteiger charge is -2.11. The molecule has 0 aromatic heterocycles. The Labute approximate surface area is 131 Å². The molecule has 0 bridgehead atoms. The summed E-state index contributed by atoms with van der Waals surface area (Å²) in [5.41, 5.74) is 11.4. The van der Waals surface area contributed by atoms with Crippen molar-refractivity contribution >= 4 is 5.69 Å². The highest BCUT2D eigenvalue weighted by molar-refractivity contribution is 5.78. The minimum Gasteiger partial charge on any atom is -0.489 e. The number of para-hydroxylation sites is 1. The van der Waals surface area contributed by atoms with Gasteiger partial charge in [0.05, 0.1) is 0 Å². The van der Waals surface area contributed by atoms with E-state index in [9.17, 15) is 0 Å². The van der Waals surface area contributed by atoms with Crippen LogP contribution in [0.5, 0.6) is 5.75 Å². The average Bonchev–Trinajstić information content (AvgIpc) is 2.57. The Morgan fingerprint density at radius 3 is 2.45 bits per heavy atom. The van der Waals surface area contributed by atoms with Crippen molar-refractivity contribution in [3.63, 3.8) is 0 Å². The molecule has 0 aliphatic carbocycles. The summed E-state index contributed by atoms with van der Waals surface area (Å²) in [6.07, 6.45) is 0. The molecule has 2 N–H and O–H groups in total. The summed E-state index contributed by atoms with van der Waals surface area (Å²) in [4.78, 5) is 0. The van der Waals surface area contributed by atoms with E-state index < -0.39 is 0 Å². The van der Waals surface area contributed by atoms with Crippen LogP contribution in [0.25, 0.3) is 11.1 Å². The SMILES string of the molecule is Cc1cccc(-c2cccc(OCc3ccccc3)c2)c1N. The monoisotopic (exact) mass is 289 g/mol. The molecule has 0 unspecified atom stereocenters. The van der Waals surface area contributed by atoms with E-state index in [-0.39, 0.29) is 0 Å². The predicted molar refractivity (Wildman–Crippen MR) is 91.8 cm³/mol. The molecule has 0 heterocycles. The van der Waals surface area contributed by atoms with Crippen LogP contribution in [0, 0.1) is 6.92 Å². The number of aryl methyl sites for hydroxylation is 1. The van der Waals surface area contributed by atoms with Crippen molar-refractivity contribution < 1.29 is 4.74 Å². The highest BCUT2D eigenvalue weighted by Gasteiger charge is 2.05. The molecule has 110 valence electrons. The van der Waals surface area contributed by atoms with Gasteiger partial charge in [0, 0.05) is 11.3 Å². The van der Waals surface area contributed by atoms with Gasteiger partial charge in [-0.1, -0.05) is 60.7 Å². The molecule has 22 heavy (non-hydrogen) atoms. The smallest absolute Gasteiger partial charge is 0.120 e. The standard InChI is InChI=1S/C20H19NO/c1-15-7-5-12-19(20(15)21)17-10-6-11-18(13-17)22-14-16-8-3-2-4-9-16/h2-13H,14,21H2,1H3. The first kappa shape index (κ1) is 14.2. The van der Waals surface area contributed by atoms with E-state index in [2.05, 4.69) is 18.2 Å². The van der Waals surface area contributed by atoms with Crippen LogP contribution >= 0.6 is 0 Å². The number of rotatable bonds is 4. The number of nitrogen functional groups attached to an aromatic ring is 1. The van der Waals surface area contributed by atoms with Gasteiger partial charge in [-0.25, -0.2) is 0 Å². The number of hydrogen-bond acceptors (Lipinski definition) is 2. The quantitative estimate of drug-likeness (QED) is 0.699. The molecule has 0 fully saturated rings. The molecular weight excluding hydrogens is 270 g/mol. The normalized spacial score (nSPS) is 10.4. The van der Waals surface area contributed by atoms with Crippen LogP contribution in [0.15, 0.2) is 72.8 Å². The molecule has 0 saturated heterocycles. The number of hydrogen-bond donors (Lipinski definition) is 1. The lowest BCUT2D eigenvalue weighted by Crippen LogP contribution is -1.96. The van der Waals surface area contributed by atoms with Crippen LogP contribution in [0.2, 0.25) is 0 Å². The summed E-state index contributed by atoms with van der Waals surface area (Å²) in [7, 11) is 0. The highest BCUT2D eigenvalue weighted by atomic mass is 16.5. The van der Waals surface area contributed by atoms with Crippen molar-refractivity contribution in [3.8, 4) is 16.9 Å². The Hall–Kier alpha value is -2.74. The van der Waals surface area contributed by atoms with Crippen molar-refractivity contribution in [1.82, 2.24) is 0 Å². The van der Waals surface area contributed by atoms with Gasteiger partial charge in [-0.2, -0.15) is 0 Å². The molecule has 0 amide bonds. The first-order valence-electron chi connectivity index (χ1n) is 7.36. The fraction of sp³-hybridized carbons (Fsp3) is 0.100. The summed E-state index contributed by atoms with van der Waals surface area (Å²) in [6.45, 7) is 2.59. The van der Waals surface area contributed by atoms with E-state index in [4.69, 9.17) is 10.5 Å². The second kappa shape index (κ2) is 6.35. The summed E-state index contributed by atoms with van der Waals surface area (Å²) in [5, 5.41) is 0. The van der Waals surface area contributed by atoms with Crippen LogP contribution in [-0.4, -0.2) is 0 Å². The summed E-state index contributed by atoms with van der Waals surface area (Å²) in [6, 6.07) is 24.3. The van der Waals surface area contributed by atoms with Gasteiger partial charge in [-0.05, 0) is 35.7 Å². The molecule has 3 aromatic carbocycles. The summed E-state index contributed by atoms with van der Waals surface area (Å²) < 4.78 is 5.88. The lowest BCUT2D eigenvalue weighted by atomic mass is 10.0. The fourth-order valence-corrected chi connectivity index (χ4v) is 2.43. The Balaban J connectivity index is 1.82. The van der Waals surface area contributed by atoms with Gasteiger partial charge in [-0.3, -0.25) is 0 Å². The van der Waals surface area contributed by atoms with E-state index >= 15 is 0 Å². The molecule has 3 rings (SSSR count). The lowest BCUT2D eigenvalue weighted by molar-refractivity contribution is 0.306. The van der Waals surface area contributed by atoms with E-state index in [1.165, 1.54) is 0 Å². The van der Waals surface area contributed by atoms with E-state index in [0.29, 0.717) is 6.61 Å². The van der Waals surface area contributed by atoms with Crippen molar-refractivity contribution in [3.05, 3.63) is 83.9 Å². The topological polar surface area (TPSA) is 35.2 Å². The summed E-state index contributed by atoms with van der Waals surface area (Å²) >= 11 is 0.